The molecule has 0 saturated carbocycles. The Kier molecular flexibility index (Phi) is 7.19. The van der Waals surface area contributed by atoms with Gasteiger partial charge in [-0.25, -0.2) is 9.59 Å². The van der Waals surface area contributed by atoms with E-state index in [2.05, 4.69) is 0 Å². The van der Waals surface area contributed by atoms with Crippen molar-refractivity contribution in [1.29, 1.82) is 0 Å². The van der Waals surface area contributed by atoms with Crippen molar-refractivity contribution in [3.8, 4) is 28.4 Å². The SMILES string of the molecule is COc1cc(OC)cc(-c2cc(C)ccc2C2c3ccc(OCc4ccccc4)cc3C(=O)OC2(O)C(=O)O)c1. The minimum Gasteiger partial charge on any atom is -0.497 e. The number of ether oxygens (including phenoxy) is 4. The molecule has 1 heterocycles. The number of aryl methyl sites for hydroxylation is 1. The highest BCUT2D eigenvalue weighted by atomic mass is 16.7. The van der Waals surface area contributed by atoms with Gasteiger partial charge in [0.1, 0.15) is 23.9 Å². The summed E-state index contributed by atoms with van der Waals surface area (Å²) in [6, 6.07) is 25.0. The fraction of sp³-hybridized carbons (Fsp3) is 0.188. The highest BCUT2D eigenvalue weighted by Crippen LogP contribution is 2.47. The number of methoxy groups -OCH3 is 2. The van der Waals surface area contributed by atoms with Gasteiger partial charge in [0.2, 0.25) is 0 Å². The molecule has 0 saturated heterocycles. The number of hydrogen-bond acceptors (Lipinski definition) is 7. The molecule has 204 valence electrons. The molecule has 2 atom stereocenters. The van der Waals surface area contributed by atoms with Crippen LogP contribution in [0.15, 0.2) is 84.9 Å². The molecular formula is C32H28O8. The zero-order chi connectivity index (χ0) is 28.4. The van der Waals surface area contributed by atoms with Gasteiger partial charge < -0.3 is 29.2 Å². The number of fused-ring (bicyclic) bond motifs is 1. The highest BCUT2D eigenvalue weighted by molar-refractivity contribution is 5.97. The number of carboxylic acids is 1. The Morgan fingerprint density at radius 3 is 2.15 bits per heavy atom. The number of hydrogen-bond donors (Lipinski definition) is 2. The molecule has 1 aliphatic rings. The minimum atomic E-state index is -2.86. The predicted molar refractivity (Wildman–Crippen MR) is 147 cm³/mol. The lowest BCUT2D eigenvalue weighted by molar-refractivity contribution is -0.211. The molecule has 0 aliphatic carbocycles. The topological polar surface area (TPSA) is 112 Å². The molecule has 0 spiro atoms. The molecule has 8 nitrogen and oxygen atoms in total. The Bertz CT molecular complexity index is 1560. The molecular weight excluding hydrogens is 512 g/mol. The van der Waals surface area contributed by atoms with Crippen LogP contribution in [0.4, 0.5) is 0 Å². The van der Waals surface area contributed by atoms with Crippen LogP contribution in [0.1, 0.15) is 38.5 Å². The van der Waals surface area contributed by atoms with Crippen molar-refractivity contribution in [1.82, 2.24) is 0 Å². The maximum atomic E-state index is 13.1. The number of carbonyl (C=O) groups is 2. The van der Waals surface area contributed by atoms with Crippen LogP contribution in [0, 0.1) is 6.92 Å². The van der Waals surface area contributed by atoms with Crippen LogP contribution >= 0.6 is 0 Å². The third-order valence-electron chi connectivity index (χ3n) is 6.93. The zero-order valence-electron chi connectivity index (χ0n) is 22.2. The summed E-state index contributed by atoms with van der Waals surface area (Å²) in [7, 11) is 3.07. The Labute approximate surface area is 231 Å². The molecule has 0 radical (unpaired) electrons. The summed E-state index contributed by atoms with van der Waals surface area (Å²) in [6.07, 6.45) is 0. The molecule has 40 heavy (non-hydrogen) atoms. The molecule has 1 aliphatic heterocycles. The summed E-state index contributed by atoms with van der Waals surface area (Å²) in [4.78, 5) is 25.5. The number of esters is 1. The van der Waals surface area contributed by atoms with E-state index in [1.54, 1.807) is 36.4 Å². The Balaban J connectivity index is 1.65. The largest absolute Gasteiger partial charge is 0.497 e. The molecule has 0 amide bonds. The van der Waals surface area contributed by atoms with E-state index in [4.69, 9.17) is 18.9 Å². The van der Waals surface area contributed by atoms with Crippen molar-refractivity contribution in [3.63, 3.8) is 0 Å². The quantitative estimate of drug-likeness (QED) is 0.289. The summed E-state index contributed by atoms with van der Waals surface area (Å²) in [5.74, 6) is -5.29. The molecule has 0 bridgehead atoms. The van der Waals surface area contributed by atoms with Crippen LogP contribution in [0.3, 0.4) is 0 Å². The smallest absolute Gasteiger partial charge is 0.378 e. The third kappa shape index (κ3) is 4.97. The third-order valence-corrected chi connectivity index (χ3v) is 6.93. The van der Waals surface area contributed by atoms with E-state index in [1.165, 1.54) is 20.3 Å². The first-order valence-electron chi connectivity index (χ1n) is 12.6. The predicted octanol–water partition coefficient (Wildman–Crippen LogP) is 5.33. The first-order valence-corrected chi connectivity index (χ1v) is 12.6. The summed E-state index contributed by atoms with van der Waals surface area (Å²) < 4.78 is 22.1. The average molecular weight is 541 g/mol. The standard InChI is InChI=1S/C32H28O8/c1-19-9-11-25(27(13-19)21-14-23(37-2)16-24(15-21)38-3)29-26-12-10-22(39-18-20-7-5-4-6-8-20)17-28(26)30(33)40-32(29,36)31(34)35/h4-17,29,36H,18H2,1-3H3,(H,34,35). The maximum Gasteiger partial charge on any atom is 0.378 e. The molecule has 2 N–H and O–H groups in total. The van der Waals surface area contributed by atoms with Gasteiger partial charge in [-0.3, -0.25) is 0 Å². The van der Waals surface area contributed by atoms with Crippen molar-refractivity contribution in [2.45, 2.75) is 25.2 Å². The molecule has 0 aromatic heterocycles. The van der Waals surface area contributed by atoms with Gasteiger partial charge in [0, 0.05) is 6.07 Å². The number of carboxylic acid groups (broad SMARTS) is 1. The van der Waals surface area contributed by atoms with Crippen molar-refractivity contribution < 1.29 is 38.7 Å². The van der Waals surface area contributed by atoms with E-state index in [0.29, 0.717) is 39.5 Å². The van der Waals surface area contributed by atoms with Gasteiger partial charge in [-0.1, -0.05) is 60.2 Å². The van der Waals surface area contributed by atoms with Crippen LogP contribution in [-0.4, -0.2) is 42.2 Å². The van der Waals surface area contributed by atoms with Crippen LogP contribution < -0.4 is 14.2 Å². The van der Waals surface area contributed by atoms with Crippen LogP contribution in [0.5, 0.6) is 17.2 Å². The van der Waals surface area contributed by atoms with Crippen LogP contribution in [0.25, 0.3) is 11.1 Å². The maximum absolute atomic E-state index is 13.1. The highest BCUT2D eigenvalue weighted by Gasteiger charge is 2.55. The average Bonchev–Trinajstić information content (AvgIpc) is 2.97. The van der Waals surface area contributed by atoms with E-state index < -0.39 is 23.6 Å². The number of cyclic esters (lactones) is 1. The molecule has 8 heteroatoms. The van der Waals surface area contributed by atoms with Gasteiger partial charge in [0.25, 0.3) is 0 Å². The second-order valence-corrected chi connectivity index (χ2v) is 9.54. The fourth-order valence-corrected chi connectivity index (χ4v) is 4.94. The number of benzene rings is 4. The van der Waals surface area contributed by atoms with Gasteiger partial charge >= 0.3 is 17.7 Å². The second-order valence-electron chi connectivity index (χ2n) is 9.54. The molecule has 5 rings (SSSR count). The van der Waals surface area contributed by atoms with E-state index in [9.17, 15) is 19.8 Å². The summed E-state index contributed by atoms with van der Waals surface area (Å²) >= 11 is 0. The van der Waals surface area contributed by atoms with E-state index in [1.807, 2.05) is 49.4 Å². The van der Waals surface area contributed by atoms with Crippen molar-refractivity contribution in [3.05, 3.63) is 113 Å². The monoisotopic (exact) mass is 540 g/mol. The van der Waals surface area contributed by atoms with Gasteiger partial charge in [-0.15, -0.1) is 0 Å². The first-order chi connectivity index (χ1) is 19.2. The fourth-order valence-electron chi connectivity index (χ4n) is 4.94. The van der Waals surface area contributed by atoms with Crippen molar-refractivity contribution in [2.24, 2.45) is 0 Å². The van der Waals surface area contributed by atoms with Gasteiger partial charge in [-0.2, -0.15) is 0 Å². The normalized spacial score (nSPS) is 17.9. The van der Waals surface area contributed by atoms with E-state index >= 15 is 0 Å². The van der Waals surface area contributed by atoms with Gasteiger partial charge in [-0.05, 0) is 59.0 Å². The van der Waals surface area contributed by atoms with E-state index in [-0.39, 0.29) is 12.2 Å². The number of aliphatic hydroxyl groups is 1. The molecule has 0 fully saturated rings. The van der Waals surface area contributed by atoms with E-state index in [0.717, 1.165) is 11.1 Å². The number of carbonyl (C=O) groups excluding carboxylic acids is 1. The molecule has 2 unspecified atom stereocenters. The summed E-state index contributed by atoms with van der Waals surface area (Å²) in [5, 5.41) is 21.5. The molecule has 4 aromatic carbocycles. The first kappa shape index (κ1) is 26.8. The minimum absolute atomic E-state index is 0.108. The number of rotatable bonds is 8. The lowest BCUT2D eigenvalue weighted by Crippen LogP contribution is -2.52. The van der Waals surface area contributed by atoms with Crippen LogP contribution in [0.2, 0.25) is 0 Å². The summed E-state index contributed by atoms with van der Waals surface area (Å²) in [6.45, 7) is 2.18. The second kappa shape index (κ2) is 10.7. The Morgan fingerprint density at radius 2 is 1.50 bits per heavy atom. The lowest BCUT2D eigenvalue weighted by Gasteiger charge is -2.38. The van der Waals surface area contributed by atoms with Crippen molar-refractivity contribution >= 4 is 11.9 Å². The zero-order valence-corrected chi connectivity index (χ0v) is 22.2. The number of aliphatic carboxylic acids is 1. The lowest BCUT2D eigenvalue weighted by atomic mass is 9.76. The Hall–Kier alpha value is -4.82. The van der Waals surface area contributed by atoms with Crippen molar-refractivity contribution in [2.75, 3.05) is 14.2 Å². The van der Waals surface area contributed by atoms with Crippen LogP contribution in [-0.2, 0) is 16.1 Å². The van der Waals surface area contributed by atoms with Gasteiger partial charge in [0.15, 0.2) is 0 Å². The Morgan fingerprint density at radius 1 is 0.850 bits per heavy atom. The van der Waals surface area contributed by atoms with Gasteiger partial charge in [0.05, 0.1) is 25.7 Å². The molecule has 4 aromatic rings. The summed E-state index contributed by atoms with van der Waals surface area (Å²) in [5.41, 5.74) is 3.98.